The predicted octanol–water partition coefficient (Wildman–Crippen LogP) is 4.70. The molecule has 3 atom stereocenters. The normalized spacial score (nSPS) is 30.2. The van der Waals surface area contributed by atoms with Crippen LogP contribution in [0.4, 0.5) is 0 Å². The second-order valence-electron chi connectivity index (χ2n) is 8.27. The Balaban J connectivity index is 2.11. The van der Waals surface area contributed by atoms with Crippen molar-refractivity contribution in [2.45, 2.75) is 57.5 Å². The molecule has 1 fully saturated rings. The average Bonchev–Trinajstić information content (AvgIpc) is 2.81. The Bertz CT molecular complexity index is 679. The van der Waals surface area contributed by atoms with Crippen LogP contribution in [0.3, 0.4) is 0 Å². The summed E-state index contributed by atoms with van der Waals surface area (Å²) in [4.78, 5) is 0. The van der Waals surface area contributed by atoms with Gasteiger partial charge in [0.2, 0.25) is 0 Å². The minimum atomic E-state index is -0.707. The molecule has 2 aliphatic rings. The van der Waals surface area contributed by atoms with Crippen LogP contribution in [-0.4, -0.2) is 32.0 Å². The topological polar surface area (TPSA) is 47.9 Å². The lowest BCUT2D eigenvalue weighted by atomic mass is 9.55. The monoisotopic (exact) mass is 360 g/mol. The first-order chi connectivity index (χ1) is 12.4. The molecular weight excluding hydrogens is 328 g/mol. The van der Waals surface area contributed by atoms with Gasteiger partial charge in [0.1, 0.15) is 5.75 Å². The van der Waals surface area contributed by atoms with Gasteiger partial charge >= 0.3 is 0 Å². The summed E-state index contributed by atoms with van der Waals surface area (Å²) in [6, 6.07) is 3.93. The molecule has 3 rings (SSSR count). The van der Waals surface area contributed by atoms with Crippen molar-refractivity contribution >= 4 is 0 Å². The number of hydrogen-bond acceptors (Lipinski definition) is 4. The fourth-order valence-corrected chi connectivity index (χ4v) is 5.04. The summed E-state index contributed by atoms with van der Waals surface area (Å²) in [5.41, 5.74) is 0.283. The van der Waals surface area contributed by atoms with Gasteiger partial charge in [0, 0.05) is 11.6 Å². The lowest BCUT2D eigenvalue weighted by molar-refractivity contribution is -0.141. The summed E-state index contributed by atoms with van der Waals surface area (Å²) in [5, 5.41) is 11.8. The van der Waals surface area contributed by atoms with Crippen LogP contribution >= 0.6 is 0 Å². The van der Waals surface area contributed by atoms with E-state index in [-0.39, 0.29) is 17.3 Å². The van der Waals surface area contributed by atoms with Crippen molar-refractivity contribution < 1.29 is 19.3 Å². The van der Waals surface area contributed by atoms with Gasteiger partial charge < -0.3 is 19.3 Å². The number of fused-ring (bicyclic) bond motifs is 1. The molecule has 1 saturated carbocycles. The van der Waals surface area contributed by atoms with Gasteiger partial charge in [-0.2, -0.15) is 0 Å². The second-order valence-corrected chi connectivity index (χ2v) is 8.27. The first kappa shape index (κ1) is 19.1. The Morgan fingerprint density at radius 3 is 2.27 bits per heavy atom. The van der Waals surface area contributed by atoms with Crippen molar-refractivity contribution in [3.05, 3.63) is 29.8 Å². The summed E-state index contributed by atoms with van der Waals surface area (Å²) >= 11 is 0. The average molecular weight is 360 g/mol. The Morgan fingerprint density at radius 1 is 0.962 bits per heavy atom. The van der Waals surface area contributed by atoms with Gasteiger partial charge in [-0.05, 0) is 49.0 Å². The van der Waals surface area contributed by atoms with E-state index in [1.54, 1.807) is 21.3 Å². The van der Waals surface area contributed by atoms with Crippen LogP contribution in [0.25, 0.3) is 0 Å². The van der Waals surface area contributed by atoms with Crippen LogP contribution in [0.5, 0.6) is 17.2 Å². The molecule has 1 N–H and O–H groups in total. The van der Waals surface area contributed by atoms with E-state index in [1.807, 2.05) is 12.1 Å². The Labute approximate surface area is 157 Å². The van der Waals surface area contributed by atoms with Crippen LogP contribution in [0.1, 0.15) is 57.4 Å². The van der Waals surface area contributed by atoms with Crippen molar-refractivity contribution in [2.24, 2.45) is 11.3 Å². The van der Waals surface area contributed by atoms with E-state index >= 15 is 0 Å². The fraction of sp³-hybridized carbons (Fsp3) is 0.636. The maximum absolute atomic E-state index is 11.8. The largest absolute Gasteiger partial charge is 0.496 e. The molecule has 26 heavy (non-hydrogen) atoms. The molecule has 0 unspecified atom stereocenters. The quantitative estimate of drug-likeness (QED) is 0.791. The van der Waals surface area contributed by atoms with Crippen LogP contribution in [-0.2, 0) is 0 Å². The molecule has 0 aromatic heterocycles. The number of benzene rings is 1. The molecule has 0 radical (unpaired) electrons. The van der Waals surface area contributed by atoms with Gasteiger partial charge in [-0.25, -0.2) is 0 Å². The Hall–Kier alpha value is -1.68. The molecule has 0 bridgehead atoms. The molecule has 0 heterocycles. The molecular formula is C22H32O4. The molecule has 0 amide bonds. The van der Waals surface area contributed by atoms with Crippen LogP contribution < -0.4 is 14.2 Å². The summed E-state index contributed by atoms with van der Waals surface area (Å²) in [7, 11) is 4.98. The Morgan fingerprint density at radius 2 is 1.62 bits per heavy atom. The van der Waals surface area contributed by atoms with Crippen molar-refractivity contribution in [2.75, 3.05) is 21.3 Å². The van der Waals surface area contributed by atoms with Crippen LogP contribution in [0.15, 0.2) is 24.3 Å². The van der Waals surface area contributed by atoms with E-state index in [9.17, 15) is 5.11 Å². The van der Waals surface area contributed by atoms with E-state index in [2.05, 4.69) is 26.0 Å². The van der Waals surface area contributed by atoms with E-state index < -0.39 is 5.60 Å². The number of ether oxygens (including phenoxy) is 3. The van der Waals surface area contributed by atoms with Gasteiger partial charge in [0.05, 0.1) is 26.9 Å². The summed E-state index contributed by atoms with van der Waals surface area (Å²) in [6.07, 6.45) is 9.23. The highest BCUT2D eigenvalue weighted by atomic mass is 16.5. The standard InChI is InChI=1S/C22H32O4/c1-21(2)11-8-10-17-15(9-6-7-12-22(17,21)23)16-13-19(25-4)20(26-5)14-18(16)24-3/h6-7,13-15,17,23H,8-12H2,1-5H3/t15-,17-,22+/m1/s1. The summed E-state index contributed by atoms with van der Waals surface area (Å²) in [5.74, 6) is 2.54. The van der Waals surface area contributed by atoms with Crippen LogP contribution in [0, 0.1) is 11.3 Å². The van der Waals surface area contributed by atoms with Gasteiger partial charge in [-0.3, -0.25) is 0 Å². The maximum atomic E-state index is 11.8. The highest BCUT2D eigenvalue weighted by Crippen LogP contribution is 2.57. The number of aliphatic hydroxyl groups is 1. The minimum absolute atomic E-state index is 0.105. The fourth-order valence-electron chi connectivity index (χ4n) is 5.04. The van der Waals surface area contributed by atoms with Crippen molar-refractivity contribution in [3.8, 4) is 17.2 Å². The Kier molecular flexibility index (Phi) is 5.25. The van der Waals surface area contributed by atoms with E-state index in [1.165, 1.54) is 0 Å². The molecule has 4 nitrogen and oxygen atoms in total. The SMILES string of the molecule is COc1cc(OC)c([C@H]2CC=CC[C@]3(O)[C@@H]2CCCC3(C)C)cc1OC. The van der Waals surface area contributed by atoms with Gasteiger partial charge in [-0.15, -0.1) is 0 Å². The van der Waals surface area contributed by atoms with E-state index in [0.717, 1.165) is 43.4 Å². The molecule has 0 saturated heterocycles. The summed E-state index contributed by atoms with van der Waals surface area (Å²) in [6.45, 7) is 4.42. The van der Waals surface area contributed by atoms with Crippen LogP contribution in [0.2, 0.25) is 0 Å². The predicted molar refractivity (Wildman–Crippen MR) is 103 cm³/mol. The smallest absolute Gasteiger partial charge is 0.164 e. The molecule has 1 aromatic carbocycles. The number of allylic oxidation sites excluding steroid dienone is 1. The van der Waals surface area contributed by atoms with E-state index in [4.69, 9.17) is 14.2 Å². The molecule has 1 aromatic rings. The third-order valence-electron chi connectivity index (χ3n) is 6.71. The summed E-state index contributed by atoms with van der Waals surface area (Å²) < 4.78 is 16.7. The van der Waals surface area contributed by atoms with Crippen molar-refractivity contribution in [1.82, 2.24) is 0 Å². The highest BCUT2D eigenvalue weighted by Gasteiger charge is 2.53. The molecule has 4 heteroatoms. The molecule has 2 aliphatic carbocycles. The van der Waals surface area contributed by atoms with Crippen molar-refractivity contribution in [1.29, 1.82) is 0 Å². The third kappa shape index (κ3) is 2.98. The van der Waals surface area contributed by atoms with E-state index in [0.29, 0.717) is 11.5 Å². The van der Waals surface area contributed by atoms with Crippen molar-refractivity contribution in [3.63, 3.8) is 0 Å². The number of methoxy groups -OCH3 is 3. The first-order valence-electron chi connectivity index (χ1n) is 9.55. The zero-order valence-electron chi connectivity index (χ0n) is 16.7. The minimum Gasteiger partial charge on any atom is -0.496 e. The zero-order valence-corrected chi connectivity index (χ0v) is 16.7. The number of rotatable bonds is 4. The maximum Gasteiger partial charge on any atom is 0.164 e. The first-order valence-corrected chi connectivity index (χ1v) is 9.55. The van der Waals surface area contributed by atoms with Gasteiger partial charge in [0.15, 0.2) is 11.5 Å². The van der Waals surface area contributed by atoms with Gasteiger partial charge in [-0.1, -0.05) is 32.4 Å². The zero-order chi connectivity index (χ0) is 18.9. The molecule has 0 aliphatic heterocycles. The second kappa shape index (κ2) is 7.15. The lowest BCUT2D eigenvalue weighted by Gasteiger charge is -2.53. The lowest BCUT2D eigenvalue weighted by Crippen LogP contribution is -2.54. The molecule has 144 valence electrons. The highest BCUT2D eigenvalue weighted by molar-refractivity contribution is 5.52. The number of hydrogen-bond donors (Lipinski definition) is 1. The third-order valence-corrected chi connectivity index (χ3v) is 6.71. The van der Waals surface area contributed by atoms with Gasteiger partial charge in [0.25, 0.3) is 0 Å². The molecule has 0 spiro atoms.